The van der Waals surface area contributed by atoms with Crippen LogP contribution < -0.4 is 5.32 Å². The molecule has 0 fully saturated rings. The average molecular weight is 280 g/mol. The molecular formula is C9H14ClN3OS2. The van der Waals surface area contributed by atoms with Crippen molar-refractivity contribution in [2.75, 3.05) is 5.32 Å². The number of carbonyl (C=O) groups is 1. The van der Waals surface area contributed by atoms with Crippen LogP contribution in [0.2, 0.25) is 0 Å². The molecule has 0 aliphatic carbocycles. The van der Waals surface area contributed by atoms with Crippen molar-refractivity contribution in [3.05, 3.63) is 0 Å². The maximum Gasteiger partial charge on any atom is 0.243 e. The molecule has 16 heavy (non-hydrogen) atoms. The van der Waals surface area contributed by atoms with Gasteiger partial charge in [-0.25, -0.2) is 0 Å². The lowest BCUT2D eigenvalue weighted by atomic mass is 10.4. The topological polar surface area (TPSA) is 54.9 Å². The Morgan fingerprint density at radius 2 is 2.25 bits per heavy atom. The van der Waals surface area contributed by atoms with Gasteiger partial charge in [0, 0.05) is 5.25 Å². The van der Waals surface area contributed by atoms with E-state index in [2.05, 4.69) is 29.4 Å². The van der Waals surface area contributed by atoms with Crippen LogP contribution >= 0.6 is 34.7 Å². The number of aromatic nitrogens is 2. The number of anilines is 1. The van der Waals surface area contributed by atoms with Crippen LogP contribution in [-0.2, 0) is 4.79 Å². The van der Waals surface area contributed by atoms with E-state index in [0.717, 1.165) is 10.8 Å². The van der Waals surface area contributed by atoms with E-state index in [1.54, 1.807) is 18.7 Å². The number of thioether (sulfide) groups is 1. The fraction of sp³-hybridized carbons (Fsp3) is 0.667. The van der Waals surface area contributed by atoms with E-state index >= 15 is 0 Å². The van der Waals surface area contributed by atoms with E-state index in [0.29, 0.717) is 10.4 Å². The number of hydrogen-bond donors (Lipinski definition) is 1. The summed E-state index contributed by atoms with van der Waals surface area (Å²) in [5, 5.41) is 10.9. The second-order valence-corrected chi connectivity index (χ2v) is 6.63. The van der Waals surface area contributed by atoms with Gasteiger partial charge in [0.25, 0.3) is 0 Å². The van der Waals surface area contributed by atoms with Gasteiger partial charge in [0.1, 0.15) is 5.38 Å². The Hall–Kier alpha value is -0.330. The highest BCUT2D eigenvalue weighted by Crippen LogP contribution is 2.29. The summed E-state index contributed by atoms with van der Waals surface area (Å²) in [7, 11) is 0. The fourth-order valence-electron chi connectivity index (χ4n) is 0.768. The van der Waals surface area contributed by atoms with Gasteiger partial charge in [-0.1, -0.05) is 36.9 Å². The van der Waals surface area contributed by atoms with Crippen LogP contribution in [-0.4, -0.2) is 26.7 Å². The monoisotopic (exact) mass is 279 g/mol. The van der Waals surface area contributed by atoms with Crippen LogP contribution in [0.4, 0.5) is 5.13 Å². The number of carbonyl (C=O) groups excluding carboxylic acids is 1. The largest absolute Gasteiger partial charge is 0.299 e. The highest BCUT2D eigenvalue weighted by molar-refractivity contribution is 8.01. The smallest absolute Gasteiger partial charge is 0.243 e. The van der Waals surface area contributed by atoms with E-state index in [-0.39, 0.29) is 5.91 Å². The third kappa shape index (κ3) is 4.27. The molecule has 1 amide bonds. The number of alkyl halides is 1. The van der Waals surface area contributed by atoms with Crippen molar-refractivity contribution in [2.24, 2.45) is 0 Å². The van der Waals surface area contributed by atoms with Crippen molar-refractivity contribution < 1.29 is 4.79 Å². The first-order chi connectivity index (χ1) is 7.52. The number of nitrogens with zero attached hydrogens (tertiary/aromatic N) is 2. The van der Waals surface area contributed by atoms with Crippen molar-refractivity contribution in [1.29, 1.82) is 0 Å². The van der Waals surface area contributed by atoms with Crippen LogP contribution in [0, 0.1) is 0 Å². The Balaban J connectivity index is 2.54. The predicted molar refractivity (Wildman–Crippen MR) is 69.5 cm³/mol. The van der Waals surface area contributed by atoms with E-state index in [9.17, 15) is 4.79 Å². The summed E-state index contributed by atoms with van der Waals surface area (Å²) in [6.45, 7) is 5.87. The molecule has 1 N–H and O–H groups in total. The molecule has 0 unspecified atom stereocenters. The number of amides is 1. The van der Waals surface area contributed by atoms with Crippen LogP contribution in [0.5, 0.6) is 0 Å². The SMILES string of the molecule is CC[C@H](C)Sc1nnc(NC(=O)[C@@H](C)Cl)s1. The Morgan fingerprint density at radius 1 is 1.56 bits per heavy atom. The van der Waals surface area contributed by atoms with Crippen LogP contribution in [0.1, 0.15) is 27.2 Å². The van der Waals surface area contributed by atoms with Crippen molar-refractivity contribution in [2.45, 2.75) is 42.2 Å². The molecule has 4 nitrogen and oxygen atoms in total. The summed E-state index contributed by atoms with van der Waals surface area (Å²) < 4.78 is 0.867. The maximum absolute atomic E-state index is 11.3. The predicted octanol–water partition coefficient (Wildman–Crippen LogP) is 2.99. The van der Waals surface area contributed by atoms with Gasteiger partial charge >= 0.3 is 0 Å². The van der Waals surface area contributed by atoms with Gasteiger partial charge in [-0.3, -0.25) is 10.1 Å². The average Bonchev–Trinajstić information content (AvgIpc) is 2.65. The molecule has 1 heterocycles. The minimum absolute atomic E-state index is 0.252. The van der Waals surface area contributed by atoms with Crippen molar-refractivity contribution in [3.63, 3.8) is 0 Å². The van der Waals surface area contributed by atoms with Gasteiger partial charge in [0.05, 0.1) is 0 Å². The first kappa shape index (κ1) is 13.7. The highest BCUT2D eigenvalue weighted by Gasteiger charge is 2.13. The molecule has 90 valence electrons. The van der Waals surface area contributed by atoms with E-state index in [4.69, 9.17) is 11.6 Å². The van der Waals surface area contributed by atoms with E-state index in [1.165, 1.54) is 11.3 Å². The molecule has 0 radical (unpaired) electrons. The van der Waals surface area contributed by atoms with Gasteiger partial charge in [-0.05, 0) is 13.3 Å². The van der Waals surface area contributed by atoms with Crippen molar-refractivity contribution in [3.8, 4) is 0 Å². The Kier molecular flexibility index (Phi) is 5.51. The molecule has 0 aliphatic heterocycles. The van der Waals surface area contributed by atoms with Crippen LogP contribution in [0.15, 0.2) is 4.34 Å². The Morgan fingerprint density at radius 3 is 2.81 bits per heavy atom. The maximum atomic E-state index is 11.3. The summed E-state index contributed by atoms with van der Waals surface area (Å²) in [6.07, 6.45) is 1.07. The zero-order valence-electron chi connectivity index (χ0n) is 9.36. The third-order valence-corrected chi connectivity index (χ3v) is 4.26. The molecule has 7 heteroatoms. The standard InChI is InChI=1S/C9H14ClN3OS2/c1-4-5(2)15-9-13-12-8(16-9)11-7(14)6(3)10/h5-6H,4H2,1-3H3,(H,11,12,14)/t5-,6+/m0/s1. The molecule has 0 spiro atoms. The highest BCUT2D eigenvalue weighted by atomic mass is 35.5. The van der Waals surface area contributed by atoms with Crippen molar-refractivity contribution in [1.82, 2.24) is 10.2 Å². The summed E-state index contributed by atoms with van der Waals surface area (Å²) in [5.74, 6) is -0.252. The Bertz CT molecular complexity index is 356. The molecule has 1 aromatic heterocycles. The molecule has 0 aromatic carbocycles. The minimum Gasteiger partial charge on any atom is -0.299 e. The molecule has 0 saturated carbocycles. The normalized spacial score (nSPS) is 14.5. The molecular weight excluding hydrogens is 266 g/mol. The first-order valence-electron chi connectivity index (χ1n) is 4.98. The van der Waals surface area contributed by atoms with Gasteiger partial charge in [0.2, 0.25) is 11.0 Å². The van der Waals surface area contributed by atoms with Gasteiger partial charge in [-0.15, -0.1) is 21.8 Å². The number of rotatable bonds is 5. The molecule has 1 rings (SSSR count). The molecule has 0 aliphatic rings. The first-order valence-corrected chi connectivity index (χ1v) is 7.11. The molecule has 0 bridgehead atoms. The third-order valence-electron chi connectivity index (χ3n) is 1.87. The zero-order chi connectivity index (χ0) is 12.1. The quantitative estimate of drug-likeness (QED) is 0.511. The second-order valence-electron chi connectivity index (χ2n) is 3.32. The molecule has 1 aromatic rings. The summed E-state index contributed by atoms with van der Waals surface area (Å²) in [4.78, 5) is 11.3. The lowest BCUT2D eigenvalue weighted by Gasteiger charge is -2.02. The molecule has 0 saturated heterocycles. The van der Waals surface area contributed by atoms with Gasteiger partial charge in [-0.2, -0.15) is 0 Å². The van der Waals surface area contributed by atoms with Gasteiger partial charge < -0.3 is 0 Å². The summed E-state index contributed by atoms with van der Waals surface area (Å²) in [5.41, 5.74) is 0. The Labute approximate surface area is 108 Å². The van der Waals surface area contributed by atoms with Crippen molar-refractivity contribution >= 4 is 45.7 Å². The van der Waals surface area contributed by atoms with Crippen LogP contribution in [0.25, 0.3) is 0 Å². The number of hydrogen-bond acceptors (Lipinski definition) is 5. The van der Waals surface area contributed by atoms with E-state index < -0.39 is 5.38 Å². The number of halogens is 1. The fourth-order valence-corrected chi connectivity index (χ4v) is 2.82. The summed E-state index contributed by atoms with van der Waals surface area (Å²) in [6, 6.07) is 0. The number of nitrogens with one attached hydrogen (secondary N) is 1. The minimum atomic E-state index is -0.561. The van der Waals surface area contributed by atoms with E-state index in [1.807, 2.05) is 0 Å². The van der Waals surface area contributed by atoms with Gasteiger partial charge in [0.15, 0.2) is 4.34 Å². The summed E-state index contributed by atoms with van der Waals surface area (Å²) >= 11 is 8.66. The van der Waals surface area contributed by atoms with Crippen LogP contribution in [0.3, 0.4) is 0 Å². The zero-order valence-corrected chi connectivity index (χ0v) is 11.7. The lowest BCUT2D eigenvalue weighted by Crippen LogP contribution is -2.20. The lowest BCUT2D eigenvalue weighted by molar-refractivity contribution is -0.115. The molecule has 2 atom stereocenters. The second kappa shape index (κ2) is 6.42.